The molecule has 0 atom stereocenters. The Balaban J connectivity index is 1.95. The van der Waals surface area contributed by atoms with Crippen molar-refractivity contribution >= 4 is 17.0 Å². The molecule has 0 saturated carbocycles. The number of carbonyl (C=O) groups is 1. The predicted octanol–water partition coefficient (Wildman–Crippen LogP) is 2.59. The third-order valence-corrected chi connectivity index (χ3v) is 2.34. The van der Waals surface area contributed by atoms with Gasteiger partial charge in [-0.25, -0.2) is 4.79 Å². The molecule has 2 N–H and O–H groups in total. The number of carbonyl (C=O) groups excluding carboxylic acids is 1. The second-order valence-corrected chi connectivity index (χ2v) is 5.15. The Kier molecular flexibility index (Phi) is 3.23. The van der Waals surface area contributed by atoms with Crippen LogP contribution in [0.3, 0.4) is 0 Å². The van der Waals surface area contributed by atoms with Crippen molar-refractivity contribution in [2.45, 2.75) is 32.9 Å². The minimum atomic E-state index is -0.474. The Morgan fingerprint density at radius 2 is 2.22 bits per heavy atom. The highest BCUT2D eigenvalue weighted by Crippen LogP contribution is 2.13. The van der Waals surface area contributed by atoms with E-state index in [-0.39, 0.29) is 0 Å². The fourth-order valence-electron chi connectivity index (χ4n) is 1.59. The topological polar surface area (TPSA) is 67.0 Å². The zero-order chi connectivity index (χ0) is 13.2. The number of nitrogens with zero attached hydrogens (tertiary/aromatic N) is 1. The molecular weight excluding hydrogens is 230 g/mol. The summed E-state index contributed by atoms with van der Waals surface area (Å²) < 4.78 is 5.16. The number of amides is 1. The van der Waals surface area contributed by atoms with Gasteiger partial charge in [-0.05, 0) is 38.5 Å². The van der Waals surface area contributed by atoms with E-state index in [2.05, 4.69) is 15.5 Å². The van der Waals surface area contributed by atoms with E-state index in [1.165, 1.54) is 0 Å². The van der Waals surface area contributed by atoms with Crippen LogP contribution in [0.4, 0.5) is 4.79 Å². The lowest BCUT2D eigenvalue weighted by Crippen LogP contribution is -2.32. The first-order chi connectivity index (χ1) is 8.44. The lowest BCUT2D eigenvalue weighted by Gasteiger charge is -2.19. The van der Waals surface area contributed by atoms with E-state index in [4.69, 9.17) is 4.74 Å². The minimum Gasteiger partial charge on any atom is -0.444 e. The predicted molar refractivity (Wildman–Crippen MR) is 69.2 cm³/mol. The van der Waals surface area contributed by atoms with Gasteiger partial charge >= 0.3 is 6.09 Å². The first-order valence-electron chi connectivity index (χ1n) is 5.83. The lowest BCUT2D eigenvalue weighted by atomic mass is 10.1. The van der Waals surface area contributed by atoms with Crippen LogP contribution in [0.2, 0.25) is 0 Å². The van der Waals surface area contributed by atoms with Crippen molar-refractivity contribution in [2.24, 2.45) is 0 Å². The summed E-state index contributed by atoms with van der Waals surface area (Å²) in [5, 5.41) is 10.6. The Morgan fingerprint density at radius 3 is 2.94 bits per heavy atom. The van der Waals surface area contributed by atoms with Crippen LogP contribution in [0.15, 0.2) is 24.4 Å². The molecule has 2 rings (SSSR count). The van der Waals surface area contributed by atoms with Gasteiger partial charge in [0, 0.05) is 11.9 Å². The number of hydrogen-bond acceptors (Lipinski definition) is 3. The highest BCUT2D eigenvalue weighted by atomic mass is 16.6. The summed E-state index contributed by atoms with van der Waals surface area (Å²) in [4.78, 5) is 11.5. The van der Waals surface area contributed by atoms with Gasteiger partial charge in [-0.15, -0.1) is 0 Å². The fourth-order valence-corrected chi connectivity index (χ4v) is 1.59. The Hall–Kier alpha value is -2.04. The number of nitrogens with one attached hydrogen (secondary N) is 2. The number of aromatic nitrogens is 2. The van der Waals surface area contributed by atoms with Gasteiger partial charge in [-0.3, -0.25) is 5.10 Å². The Morgan fingerprint density at radius 1 is 1.44 bits per heavy atom. The summed E-state index contributed by atoms with van der Waals surface area (Å²) in [5.41, 5.74) is 1.52. The zero-order valence-electron chi connectivity index (χ0n) is 10.8. The van der Waals surface area contributed by atoms with Crippen LogP contribution in [0, 0.1) is 0 Å². The van der Waals surface area contributed by atoms with E-state index in [0.717, 1.165) is 16.5 Å². The second-order valence-electron chi connectivity index (χ2n) is 5.15. The van der Waals surface area contributed by atoms with E-state index < -0.39 is 11.7 Å². The van der Waals surface area contributed by atoms with Crippen LogP contribution >= 0.6 is 0 Å². The van der Waals surface area contributed by atoms with Gasteiger partial charge in [0.15, 0.2) is 0 Å². The maximum absolute atomic E-state index is 11.5. The van der Waals surface area contributed by atoms with Crippen molar-refractivity contribution in [1.29, 1.82) is 0 Å². The number of hydrogen-bond donors (Lipinski definition) is 2. The SMILES string of the molecule is CC(C)(C)OC(=O)NCc1ccc2[nH]ncc2c1. The summed E-state index contributed by atoms with van der Waals surface area (Å²) in [6.07, 6.45) is 1.35. The number of fused-ring (bicyclic) bond motifs is 1. The zero-order valence-corrected chi connectivity index (χ0v) is 10.8. The van der Waals surface area contributed by atoms with Crippen molar-refractivity contribution in [2.75, 3.05) is 0 Å². The van der Waals surface area contributed by atoms with Crippen LogP contribution in [-0.4, -0.2) is 21.9 Å². The molecule has 0 saturated heterocycles. The average molecular weight is 247 g/mol. The summed E-state index contributed by atoms with van der Waals surface area (Å²) in [6.45, 7) is 5.95. The standard InChI is InChI=1S/C13H17N3O2/c1-13(2,3)18-12(17)14-7-9-4-5-11-10(6-9)8-15-16-11/h4-6,8H,7H2,1-3H3,(H,14,17)(H,15,16). The van der Waals surface area contributed by atoms with Crippen LogP contribution < -0.4 is 5.32 Å². The normalized spacial score (nSPS) is 11.5. The molecule has 0 aliphatic carbocycles. The maximum Gasteiger partial charge on any atom is 0.407 e. The van der Waals surface area contributed by atoms with Crippen molar-refractivity contribution in [1.82, 2.24) is 15.5 Å². The molecule has 5 heteroatoms. The first-order valence-corrected chi connectivity index (χ1v) is 5.83. The molecule has 18 heavy (non-hydrogen) atoms. The second kappa shape index (κ2) is 4.68. The molecule has 0 fully saturated rings. The van der Waals surface area contributed by atoms with Crippen LogP contribution in [0.5, 0.6) is 0 Å². The van der Waals surface area contributed by atoms with Crippen LogP contribution in [-0.2, 0) is 11.3 Å². The third-order valence-electron chi connectivity index (χ3n) is 2.34. The van der Waals surface area contributed by atoms with Gasteiger partial charge in [0.1, 0.15) is 5.60 Å². The van der Waals surface area contributed by atoms with Gasteiger partial charge in [-0.1, -0.05) is 6.07 Å². The van der Waals surface area contributed by atoms with Crippen molar-refractivity contribution in [3.63, 3.8) is 0 Å². The molecule has 1 aromatic carbocycles. The van der Waals surface area contributed by atoms with Crippen LogP contribution in [0.25, 0.3) is 10.9 Å². The van der Waals surface area contributed by atoms with E-state index in [1.54, 1.807) is 6.20 Å². The molecule has 0 aliphatic rings. The van der Waals surface area contributed by atoms with E-state index >= 15 is 0 Å². The molecule has 1 amide bonds. The van der Waals surface area contributed by atoms with Crippen molar-refractivity contribution in [3.8, 4) is 0 Å². The third kappa shape index (κ3) is 3.23. The maximum atomic E-state index is 11.5. The lowest BCUT2D eigenvalue weighted by molar-refractivity contribution is 0.0523. The molecule has 1 aromatic heterocycles. The first kappa shape index (κ1) is 12.4. The Labute approximate surface area is 106 Å². The Bertz CT molecular complexity index is 555. The van der Waals surface area contributed by atoms with E-state index in [0.29, 0.717) is 6.54 Å². The molecular formula is C13H17N3O2. The monoisotopic (exact) mass is 247 g/mol. The molecule has 0 radical (unpaired) electrons. The highest BCUT2D eigenvalue weighted by molar-refractivity contribution is 5.78. The molecule has 0 bridgehead atoms. The molecule has 5 nitrogen and oxygen atoms in total. The number of rotatable bonds is 2. The van der Waals surface area contributed by atoms with Gasteiger partial charge in [-0.2, -0.15) is 5.10 Å². The number of ether oxygens (including phenoxy) is 1. The molecule has 0 aliphatic heterocycles. The number of alkyl carbamates (subject to hydrolysis) is 1. The van der Waals surface area contributed by atoms with Crippen molar-refractivity contribution < 1.29 is 9.53 Å². The summed E-state index contributed by atoms with van der Waals surface area (Å²) in [7, 11) is 0. The number of H-pyrrole nitrogens is 1. The summed E-state index contributed by atoms with van der Waals surface area (Å²) >= 11 is 0. The molecule has 2 aromatic rings. The van der Waals surface area contributed by atoms with Gasteiger partial charge < -0.3 is 10.1 Å². The largest absolute Gasteiger partial charge is 0.444 e. The fraction of sp³-hybridized carbons (Fsp3) is 0.385. The highest BCUT2D eigenvalue weighted by Gasteiger charge is 2.15. The molecule has 96 valence electrons. The summed E-state index contributed by atoms with van der Waals surface area (Å²) in [5.74, 6) is 0. The quantitative estimate of drug-likeness (QED) is 0.857. The number of aromatic amines is 1. The number of benzene rings is 1. The van der Waals surface area contributed by atoms with E-state index in [9.17, 15) is 4.79 Å². The van der Waals surface area contributed by atoms with E-state index in [1.807, 2.05) is 39.0 Å². The molecule has 1 heterocycles. The summed E-state index contributed by atoms with van der Waals surface area (Å²) in [6, 6.07) is 5.86. The smallest absolute Gasteiger partial charge is 0.407 e. The molecule has 0 unspecified atom stereocenters. The average Bonchev–Trinajstić information content (AvgIpc) is 2.71. The molecule has 0 spiro atoms. The van der Waals surface area contributed by atoms with Gasteiger partial charge in [0.25, 0.3) is 0 Å². The van der Waals surface area contributed by atoms with Crippen molar-refractivity contribution in [3.05, 3.63) is 30.0 Å². The van der Waals surface area contributed by atoms with Gasteiger partial charge in [0.2, 0.25) is 0 Å². The van der Waals surface area contributed by atoms with Crippen LogP contribution in [0.1, 0.15) is 26.3 Å². The minimum absolute atomic E-state index is 0.408. The van der Waals surface area contributed by atoms with Gasteiger partial charge in [0.05, 0.1) is 11.7 Å².